The number of esters is 1. The van der Waals surface area contributed by atoms with Gasteiger partial charge in [0.1, 0.15) is 0 Å². The zero-order valence-corrected chi connectivity index (χ0v) is 14.3. The third-order valence-electron chi connectivity index (χ3n) is 3.33. The van der Waals surface area contributed by atoms with Gasteiger partial charge >= 0.3 is 5.97 Å². The van der Waals surface area contributed by atoms with Crippen molar-refractivity contribution in [2.24, 2.45) is 4.99 Å². The number of rotatable bonds is 4. The number of aliphatic imine (C=N–C) groups is 1. The Morgan fingerprint density at radius 3 is 2.28 bits per heavy atom. The number of hydrogen-bond acceptors (Lipinski definition) is 5. The molecule has 0 radical (unpaired) electrons. The van der Waals surface area contributed by atoms with Gasteiger partial charge in [-0.1, -0.05) is 28.1 Å². The van der Waals surface area contributed by atoms with Gasteiger partial charge in [-0.3, -0.25) is 10.1 Å². The second-order valence-electron chi connectivity index (χ2n) is 5.10. The topological polar surface area (TPSA) is 81.8 Å². The van der Waals surface area contributed by atoms with Crippen LogP contribution in [0.3, 0.4) is 0 Å². The normalized spacial score (nSPS) is 15.5. The molecular formula is C18H11BrN2O4. The molecule has 124 valence electrons. The van der Waals surface area contributed by atoms with E-state index in [4.69, 9.17) is 4.74 Å². The minimum absolute atomic E-state index is 0.0153. The van der Waals surface area contributed by atoms with E-state index in [9.17, 15) is 14.9 Å². The highest BCUT2D eigenvalue weighted by molar-refractivity contribution is 9.10. The van der Waals surface area contributed by atoms with Crippen molar-refractivity contribution in [1.29, 1.82) is 0 Å². The van der Waals surface area contributed by atoms with Crippen molar-refractivity contribution >= 4 is 45.6 Å². The summed E-state index contributed by atoms with van der Waals surface area (Å²) in [5.74, 6) is -0.349. The summed E-state index contributed by atoms with van der Waals surface area (Å²) in [6.45, 7) is 0. The Hall–Kier alpha value is -3.06. The second kappa shape index (κ2) is 7.23. The average Bonchev–Trinajstić information content (AvgIpc) is 2.95. The number of ether oxygens (including phenoxy) is 1. The predicted molar refractivity (Wildman–Crippen MR) is 97.8 cm³/mol. The molecule has 0 aliphatic carbocycles. The molecule has 3 rings (SSSR count). The van der Waals surface area contributed by atoms with E-state index < -0.39 is 10.9 Å². The number of carbonyl (C=O) groups excluding carboxylic acids is 1. The maximum absolute atomic E-state index is 11.9. The van der Waals surface area contributed by atoms with Gasteiger partial charge in [0.15, 0.2) is 5.70 Å². The van der Waals surface area contributed by atoms with Crippen LogP contribution in [0.5, 0.6) is 0 Å². The van der Waals surface area contributed by atoms with E-state index in [1.807, 2.05) is 24.3 Å². The summed E-state index contributed by atoms with van der Waals surface area (Å²) in [4.78, 5) is 26.2. The molecule has 0 amide bonds. The third-order valence-corrected chi connectivity index (χ3v) is 3.86. The molecule has 1 aliphatic heterocycles. The second-order valence-corrected chi connectivity index (χ2v) is 6.02. The number of benzene rings is 2. The van der Waals surface area contributed by atoms with E-state index in [-0.39, 0.29) is 17.3 Å². The van der Waals surface area contributed by atoms with Gasteiger partial charge in [-0.25, -0.2) is 9.79 Å². The summed E-state index contributed by atoms with van der Waals surface area (Å²) < 4.78 is 6.04. The summed E-state index contributed by atoms with van der Waals surface area (Å²) in [7, 11) is 0. The highest BCUT2D eigenvalue weighted by Gasteiger charge is 2.21. The van der Waals surface area contributed by atoms with Crippen LogP contribution in [0.1, 0.15) is 11.1 Å². The Balaban J connectivity index is 1.75. The molecule has 0 N–H and O–H groups in total. The van der Waals surface area contributed by atoms with Crippen molar-refractivity contribution in [2.75, 3.05) is 0 Å². The van der Waals surface area contributed by atoms with E-state index in [2.05, 4.69) is 20.9 Å². The number of hydrogen-bond donors (Lipinski definition) is 0. The molecule has 0 fully saturated rings. The first-order valence-corrected chi connectivity index (χ1v) is 8.01. The van der Waals surface area contributed by atoms with Crippen LogP contribution < -0.4 is 0 Å². The molecule has 0 unspecified atom stereocenters. The number of nitro groups is 1. The maximum Gasteiger partial charge on any atom is 0.363 e. The number of cyclic esters (lactones) is 1. The van der Waals surface area contributed by atoms with E-state index in [0.29, 0.717) is 0 Å². The Bertz CT molecular complexity index is 913. The number of nitro benzene ring substituents is 1. The van der Waals surface area contributed by atoms with Crippen molar-refractivity contribution in [2.45, 2.75) is 0 Å². The molecule has 7 heteroatoms. The lowest BCUT2D eigenvalue weighted by Crippen LogP contribution is -2.01. The van der Waals surface area contributed by atoms with Crippen molar-refractivity contribution in [3.05, 3.63) is 86.0 Å². The molecule has 0 spiro atoms. The fourth-order valence-corrected chi connectivity index (χ4v) is 2.35. The summed E-state index contributed by atoms with van der Waals surface area (Å²) in [6, 6.07) is 13.4. The molecule has 1 aliphatic rings. The van der Waals surface area contributed by atoms with Gasteiger partial charge in [-0.05, 0) is 47.5 Å². The van der Waals surface area contributed by atoms with Crippen LogP contribution >= 0.6 is 15.9 Å². The van der Waals surface area contributed by atoms with Crippen molar-refractivity contribution in [1.82, 2.24) is 0 Å². The largest absolute Gasteiger partial charge is 0.403 e. The first-order chi connectivity index (χ1) is 12.0. The lowest BCUT2D eigenvalue weighted by molar-refractivity contribution is -0.384. The average molecular weight is 399 g/mol. The van der Waals surface area contributed by atoms with Crippen LogP contribution in [-0.2, 0) is 9.53 Å². The number of nitrogens with zero attached hydrogens (tertiary/aromatic N) is 2. The highest BCUT2D eigenvalue weighted by atomic mass is 79.9. The van der Waals surface area contributed by atoms with Crippen molar-refractivity contribution in [3.63, 3.8) is 0 Å². The Labute approximate surface area is 151 Å². The molecule has 2 aromatic carbocycles. The van der Waals surface area contributed by atoms with Crippen LogP contribution in [-0.4, -0.2) is 16.8 Å². The summed E-state index contributed by atoms with van der Waals surface area (Å²) in [5, 5.41) is 10.6. The molecule has 0 bridgehead atoms. The Kier molecular flexibility index (Phi) is 4.85. The van der Waals surface area contributed by atoms with Gasteiger partial charge in [0.05, 0.1) is 4.92 Å². The molecule has 6 nitrogen and oxygen atoms in total. The van der Waals surface area contributed by atoms with E-state index >= 15 is 0 Å². The lowest BCUT2D eigenvalue weighted by atomic mass is 10.2. The highest BCUT2D eigenvalue weighted by Crippen LogP contribution is 2.19. The zero-order valence-electron chi connectivity index (χ0n) is 12.8. The maximum atomic E-state index is 11.9. The fraction of sp³-hybridized carbons (Fsp3) is 0. The van der Waals surface area contributed by atoms with Gasteiger partial charge in [0, 0.05) is 22.7 Å². The van der Waals surface area contributed by atoms with Gasteiger partial charge < -0.3 is 4.74 Å². The predicted octanol–water partition coefficient (Wildman–Crippen LogP) is 4.37. The first-order valence-electron chi connectivity index (χ1n) is 7.22. The standard InChI is InChI=1S/C18H11BrN2O4/c19-14-6-1-13(2-7-14)11-16-18(22)25-17(20-16)10-5-12-3-8-15(9-4-12)21(23)24/h1-11H/b10-5+,16-11-. The van der Waals surface area contributed by atoms with Crippen LogP contribution in [0.4, 0.5) is 5.69 Å². The van der Waals surface area contributed by atoms with E-state index in [1.54, 1.807) is 30.4 Å². The van der Waals surface area contributed by atoms with Gasteiger partial charge in [-0.15, -0.1) is 0 Å². The smallest absolute Gasteiger partial charge is 0.363 e. The molecule has 2 aromatic rings. The quantitative estimate of drug-likeness (QED) is 0.331. The van der Waals surface area contributed by atoms with Crippen LogP contribution in [0.2, 0.25) is 0 Å². The minimum atomic E-state index is -0.522. The SMILES string of the molecule is O=C1OC(/C=C/c2ccc([N+](=O)[O-])cc2)=NC/1=C\c1ccc(Br)cc1. The molecule has 0 aromatic heterocycles. The molecule has 25 heavy (non-hydrogen) atoms. The van der Waals surface area contributed by atoms with Crippen molar-refractivity contribution < 1.29 is 14.5 Å². The summed E-state index contributed by atoms with van der Waals surface area (Å²) in [5.41, 5.74) is 1.79. The fourth-order valence-electron chi connectivity index (χ4n) is 2.09. The van der Waals surface area contributed by atoms with Crippen molar-refractivity contribution in [3.8, 4) is 0 Å². The van der Waals surface area contributed by atoms with E-state index in [0.717, 1.165) is 15.6 Å². The van der Waals surface area contributed by atoms with Gasteiger partial charge in [0.2, 0.25) is 5.90 Å². The number of halogens is 1. The third kappa shape index (κ3) is 4.27. The van der Waals surface area contributed by atoms with Crippen LogP contribution in [0, 0.1) is 10.1 Å². The van der Waals surface area contributed by atoms with E-state index in [1.165, 1.54) is 12.1 Å². The van der Waals surface area contributed by atoms with Gasteiger partial charge in [-0.2, -0.15) is 0 Å². The Morgan fingerprint density at radius 1 is 1.00 bits per heavy atom. The molecule has 0 saturated carbocycles. The zero-order chi connectivity index (χ0) is 17.8. The number of non-ortho nitro benzene ring substituents is 1. The first kappa shape index (κ1) is 16.8. The molecular weight excluding hydrogens is 388 g/mol. The molecule has 0 atom stereocenters. The van der Waals surface area contributed by atoms with Gasteiger partial charge in [0.25, 0.3) is 5.69 Å². The summed E-state index contributed by atoms with van der Waals surface area (Å²) >= 11 is 3.35. The molecule has 1 heterocycles. The number of carbonyl (C=O) groups is 1. The lowest BCUT2D eigenvalue weighted by Gasteiger charge is -1.94. The monoisotopic (exact) mass is 398 g/mol. The van der Waals surface area contributed by atoms with Crippen LogP contribution in [0.25, 0.3) is 12.2 Å². The molecule has 0 saturated heterocycles. The Morgan fingerprint density at radius 2 is 1.64 bits per heavy atom. The summed E-state index contributed by atoms with van der Waals surface area (Å²) in [6.07, 6.45) is 4.85. The minimum Gasteiger partial charge on any atom is -0.403 e. The van der Waals surface area contributed by atoms with Crippen LogP contribution in [0.15, 0.2) is 69.8 Å².